The fraction of sp³-hybridized carbons (Fsp3) is 0.429. The molecule has 1 aromatic carbocycles. The number of methoxy groups -OCH3 is 1. The van der Waals surface area contributed by atoms with Gasteiger partial charge in [-0.1, -0.05) is 26.0 Å². The van der Waals surface area contributed by atoms with E-state index < -0.39 is 6.10 Å². The summed E-state index contributed by atoms with van der Waals surface area (Å²) in [5.41, 5.74) is 1.06. The molecule has 0 radical (unpaired) electrons. The number of pyridine rings is 1. The van der Waals surface area contributed by atoms with E-state index in [1.807, 2.05) is 13.8 Å². The quantitative estimate of drug-likeness (QED) is 0.592. The van der Waals surface area contributed by atoms with Gasteiger partial charge in [0.05, 0.1) is 31.1 Å². The molecule has 0 aliphatic rings. The van der Waals surface area contributed by atoms with Crippen molar-refractivity contribution in [3.63, 3.8) is 0 Å². The number of aliphatic hydroxyl groups is 1. The Hall–Kier alpha value is -2.71. The molecule has 0 fully saturated rings. The van der Waals surface area contributed by atoms with Crippen molar-refractivity contribution in [2.45, 2.75) is 20.0 Å². The fourth-order valence-electron chi connectivity index (χ4n) is 2.65. The van der Waals surface area contributed by atoms with Crippen LogP contribution in [0.2, 0.25) is 0 Å². The number of carbonyl (C=O) groups is 1. The average Bonchev–Trinajstić information content (AvgIpc) is 2.69. The van der Waals surface area contributed by atoms with Crippen LogP contribution in [0.15, 0.2) is 42.6 Å². The summed E-state index contributed by atoms with van der Waals surface area (Å²) >= 11 is 0. The topological polar surface area (TPSA) is 83.9 Å². The third-order valence-electron chi connectivity index (χ3n) is 4.05. The molecule has 2 N–H and O–H groups in total. The monoisotopic (exact) mass is 405 g/mol. The molecule has 1 atom stereocenters. The Morgan fingerprint density at radius 3 is 2.48 bits per heavy atom. The van der Waals surface area contributed by atoms with E-state index in [0.717, 1.165) is 0 Å². The Morgan fingerprint density at radius 1 is 1.17 bits per heavy atom. The first-order chi connectivity index (χ1) is 13.9. The third kappa shape index (κ3) is 7.67. The van der Waals surface area contributed by atoms with Gasteiger partial charge in [0.2, 0.25) is 5.88 Å². The molecule has 0 bridgehead atoms. The van der Waals surface area contributed by atoms with Crippen molar-refractivity contribution in [2.75, 3.05) is 38.7 Å². The standard InChI is InChI=1S/C21H28FN3O4/c1-15(2)13-25(14-19(26)16-4-6-17(22)7-5-16)21(27)24-18-8-9-20(23-12-18)29-11-10-28-3/h4-9,12,15,19,26H,10-11,13-14H2,1-3H3,(H,24,27)/t19-/m1/s1. The first-order valence-electron chi connectivity index (χ1n) is 9.46. The Labute approximate surface area is 170 Å². The second-order valence-corrected chi connectivity index (χ2v) is 7.02. The van der Waals surface area contributed by atoms with Gasteiger partial charge in [0, 0.05) is 19.7 Å². The number of nitrogens with one attached hydrogen (secondary N) is 1. The average molecular weight is 405 g/mol. The first kappa shape index (κ1) is 22.6. The van der Waals surface area contributed by atoms with Crippen molar-refractivity contribution in [2.24, 2.45) is 5.92 Å². The van der Waals surface area contributed by atoms with E-state index in [0.29, 0.717) is 36.9 Å². The van der Waals surface area contributed by atoms with Crippen LogP contribution in [0.25, 0.3) is 0 Å². The number of halogens is 1. The molecule has 7 nitrogen and oxygen atoms in total. The van der Waals surface area contributed by atoms with Gasteiger partial charge < -0.3 is 24.8 Å². The zero-order valence-electron chi connectivity index (χ0n) is 17.0. The van der Waals surface area contributed by atoms with Crippen LogP contribution < -0.4 is 10.1 Å². The lowest BCUT2D eigenvalue weighted by molar-refractivity contribution is 0.121. The molecule has 0 unspecified atom stereocenters. The van der Waals surface area contributed by atoms with Crippen LogP contribution in [0.3, 0.4) is 0 Å². The zero-order chi connectivity index (χ0) is 21.2. The number of hydrogen-bond donors (Lipinski definition) is 2. The molecular formula is C21H28FN3O4. The lowest BCUT2D eigenvalue weighted by Crippen LogP contribution is -2.40. The van der Waals surface area contributed by atoms with E-state index in [2.05, 4.69) is 10.3 Å². The molecule has 29 heavy (non-hydrogen) atoms. The smallest absolute Gasteiger partial charge is 0.321 e. The molecule has 0 aliphatic carbocycles. The molecule has 0 spiro atoms. The van der Waals surface area contributed by atoms with Gasteiger partial charge >= 0.3 is 6.03 Å². The molecular weight excluding hydrogens is 377 g/mol. The van der Waals surface area contributed by atoms with Crippen LogP contribution in [0, 0.1) is 11.7 Å². The Kier molecular flexibility index (Phi) is 8.82. The van der Waals surface area contributed by atoms with E-state index in [1.165, 1.54) is 35.4 Å². The van der Waals surface area contributed by atoms with E-state index in [1.54, 1.807) is 19.2 Å². The lowest BCUT2D eigenvalue weighted by Gasteiger charge is -2.27. The number of aromatic nitrogens is 1. The summed E-state index contributed by atoms with van der Waals surface area (Å²) in [6.07, 6.45) is 0.582. The van der Waals surface area contributed by atoms with E-state index in [4.69, 9.17) is 9.47 Å². The van der Waals surface area contributed by atoms with Crippen LogP contribution in [0.1, 0.15) is 25.5 Å². The lowest BCUT2D eigenvalue weighted by atomic mass is 10.1. The highest BCUT2D eigenvalue weighted by molar-refractivity contribution is 5.89. The van der Waals surface area contributed by atoms with E-state index in [9.17, 15) is 14.3 Å². The molecule has 0 aliphatic heterocycles. The molecule has 2 rings (SSSR count). The summed E-state index contributed by atoms with van der Waals surface area (Å²) in [4.78, 5) is 18.4. The summed E-state index contributed by atoms with van der Waals surface area (Å²) in [5.74, 6) is 0.265. The highest BCUT2D eigenvalue weighted by Crippen LogP contribution is 2.18. The number of urea groups is 1. The number of rotatable bonds is 10. The SMILES string of the molecule is COCCOc1ccc(NC(=O)N(CC(C)C)C[C@@H](O)c2ccc(F)cc2)cn1. The second-order valence-electron chi connectivity index (χ2n) is 7.02. The van der Waals surface area contributed by atoms with Crippen molar-refractivity contribution in [3.05, 3.63) is 54.0 Å². The normalized spacial score (nSPS) is 11.9. The number of benzene rings is 1. The summed E-state index contributed by atoms with van der Waals surface area (Å²) in [7, 11) is 1.59. The van der Waals surface area contributed by atoms with Crippen LogP contribution in [0.4, 0.5) is 14.9 Å². The maximum Gasteiger partial charge on any atom is 0.321 e. The first-order valence-corrected chi connectivity index (χ1v) is 9.46. The van der Waals surface area contributed by atoms with Crippen molar-refractivity contribution >= 4 is 11.7 Å². The molecule has 0 saturated carbocycles. The van der Waals surface area contributed by atoms with Crippen LogP contribution in [-0.2, 0) is 4.74 Å². The summed E-state index contributed by atoms with van der Waals surface area (Å²) in [6.45, 7) is 5.35. The molecule has 8 heteroatoms. The number of hydrogen-bond acceptors (Lipinski definition) is 5. The van der Waals surface area contributed by atoms with E-state index >= 15 is 0 Å². The molecule has 2 aromatic rings. The molecule has 1 aromatic heterocycles. The van der Waals surface area contributed by atoms with Gasteiger partial charge in [-0.2, -0.15) is 0 Å². The fourth-order valence-corrected chi connectivity index (χ4v) is 2.65. The van der Waals surface area contributed by atoms with Crippen molar-refractivity contribution in [1.82, 2.24) is 9.88 Å². The molecule has 1 heterocycles. The van der Waals surface area contributed by atoms with Gasteiger partial charge in [-0.05, 0) is 29.7 Å². The molecule has 158 valence electrons. The number of ether oxygens (including phenoxy) is 2. The number of carbonyl (C=O) groups excluding carboxylic acids is 1. The van der Waals surface area contributed by atoms with Gasteiger partial charge in [0.25, 0.3) is 0 Å². The van der Waals surface area contributed by atoms with Crippen LogP contribution >= 0.6 is 0 Å². The zero-order valence-corrected chi connectivity index (χ0v) is 17.0. The second kappa shape index (κ2) is 11.3. The highest BCUT2D eigenvalue weighted by Gasteiger charge is 2.20. The number of aliphatic hydroxyl groups excluding tert-OH is 1. The molecule has 2 amide bonds. The van der Waals surface area contributed by atoms with Crippen LogP contribution in [-0.4, -0.2) is 54.4 Å². The maximum atomic E-state index is 13.1. The van der Waals surface area contributed by atoms with Crippen molar-refractivity contribution in [1.29, 1.82) is 0 Å². The minimum Gasteiger partial charge on any atom is -0.475 e. The summed E-state index contributed by atoms with van der Waals surface area (Å²) in [5, 5.41) is 13.2. The minimum absolute atomic E-state index is 0.0846. The Morgan fingerprint density at radius 2 is 1.90 bits per heavy atom. The Balaban J connectivity index is 1.99. The predicted molar refractivity (Wildman–Crippen MR) is 108 cm³/mol. The summed E-state index contributed by atoms with van der Waals surface area (Å²) in [6, 6.07) is 8.59. The Bertz CT molecular complexity index is 754. The molecule has 0 saturated heterocycles. The van der Waals surface area contributed by atoms with Gasteiger partial charge in [-0.25, -0.2) is 14.2 Å². The van der Waals surface area contributed by atoms with Crippen molar-refractivity contribution < 1.29 is 23.8 Å². The number of anilines is 1. The van der Waals surface area contributed by atoms with Gasteiger partial charge in [0.1, 0.15) is 12.4 Å². The number of nitrogens with zero attached hydrogens (tertiary/aromatic N) is 2. The highest BCUT2D eigenvalue weighted by atomic mass is 19.1. The third-order valence-corrected chi connectivity index (χ3v) is 4.05. The minimum atomic E-state index is -0.921. The van der Waals surface area contributed by atoms with Gasteiger partial charge in [-0.15, -0.1) is 0 Å². The van der Waals surface area contributed by atoms with Gasteiger partial charge in [-0.3, -0.25) is 0 Å². The largest absolute Gasteiger partial charge is 0.475 e. The van der Waals surface area contributed by atoms with Gasteiger partial charge in [0.15, 0.2) is 0 Å². The summed E-state index contributed by atoms with van der Waals surface area (Å²) < 4.78 is 23.4. The van der Waals surface area contributed by atoms with Crippen LogP contribution in [0.5, 0.6) is 5.88 Å². The number of amides is 2. The van der Waals surface area contributed by atoms with E-state index in [-0.39, 0.29) is 24.3 Å². The maximum absolute atomic E-state index is 13.1. The van der Waals surface area contributed by atoms with Crippen molar-refractivity contribution in [3.8, 4) is 5.88 Å². The predicted octanol–water partition coefficient (Wildman–Crippen LogP) is 3.47.